The lowest BCUT2D eigenvalue weighted by Gasteiger charge is -2.09. The zero-order chi connectivity index (χ0) is 17.0. The lowest BCUT2D eigenvalue weighted by molar-refractivity contribution is 0.245. The van der Waals surface area contributed by atoms with E-state index in [1.54, 1.807) is 23.8 Å². The van der Waals surface area contributed by atoms with Gasteiger partial charge >= 0.3 is 6.03 Å². The molecule has 0 saturated carbocycles. The molecule has 2 N–H and O–H groups in total. The van der Waals surface area contributed by atoms with Crippen LogP contribution in [0.25, 0.3) is 0 Å². The molecule has 23 heavy (non-hydrogen) atoms. The minimum Gasteiger partial charge on any atom is -0.333 e. The molecule has 0 aliphatic heterocycles. The third kappa shape index (κ3) is 4.49. The van der Waals surface area contributed by atoms with Gasteiger partial charge in [-0.1, -0.05) is 17.7 Å². The molecule has 2 aromatic rings. The minimum atomic E-state index is -4.03. The summed E-state index contributed by atoms with van der Waals surface area (Å²) in [5, 5.41) is 2.17. The fraction of sp³-hybridized carbons (Fsp3) is 0.133. The van der Waals surface area contributed by atoms with Gasteiger partial charge in [-0.2, -0.15) is 0 Å². The van der Waals surface area contributed by atoms with Crippen molar-refractivity contribution in [2.24, 2.45) is 0 Å². The Kier molecular flexibility index (Phi) is 4.95. The number of rotatable bonds is 4. The van der Waals surface area contributed by atoms with Crippen LogP contribution in [-0.4, -0.2) is 14.4 Å². The van der Waals surface area contributed by atoms with Crippen LogP contribution < -0.4 is 10.0 Å². The van der Waals surface area contributed by atoms with Crippen molar-refractivity contribution < 1.29 is 22.0 Å². The van der Waals surface area contributed by atoms with Gasteiger partial charge in [0.2, 0.25) is 0 Å². The number of carbonyl (C=O) groups is 1. The van der Waals surface area contributed by atoms with E-state index in [0.717, 1.165) is 23.8 Å². The third-order valence-electron chi connectivity index (χ3n) is 3.01. The second-order valence-electron chi connectivity index (χ2n) is 4.84. The van der Waals surface area contributed by atoms with Crippen molar-refractivity contribution in [2.45, 2.75) is 18.4 Å². The quantitative estimate of drug-likeness (QED) is 0.898. The molecule has 122 valence electrons. The van der Waals surface area contributed by atoms with Crippen LogP contribution in [0.4, 0.5) is 13.6 Å². The standard InChI is InChI=1S/C15H14F2N2O3S/c1-10-2-5-13(6-3-10)23(21,22)19-15(20)18-9-11-8-12(16)4-7-14(11)17/h2-8H,9H2,1H3,(H2,18,19,20). The van der Waals surface area contributed by atoms with E-state index < -0.39 is 27.7 Å². The summed E-state index contributed by atoms with van der Waals surface area (Å²) in [5.41, 5.74) is 0.780. The molecule has 0 aromatic heterocycles. The molecule has 0 unspecified atom stereocenters. The van der Waals surface area contributed by atoms with Crippen molar-refractivity contribution in [3.8, 4) is 0 Å². The molecule has 0 bridgehead atoms. The van der Waals surface area contributed by atoms with Crippen molar-refractivity contribution in [3.63, 3.8) is 0 Å². The molecule has 0 heterocycles. The van der Waals surface area contributed by atoms with Crippen LogP contribution in [0, 0.1) is 18.6 Å². The maximum Gasteiger partial charge on any atom is 0.328 e. The number of urea groups is 1. The molecule has 2 amide bonds. The summed E-state index contributed by atoms with van der Waals surface area (Å²) in [4.78, 5) is 11.6. The van der Waals surface area contributed by atoms with E-state index in [1.165, 1.54) is 12.1 Å². The minimum absolute atomic E-state index is 0.0739. The van der Waals surface area contributed by atoms with E-state index in [0.29, 0.717) is 0 Å². The fourth-order valence-electron chi connectivity index (χ4n) is 1.79. The van der Waals surface area contributed by atoms with Crippen LogP contribution in [0.2, 0.25) is 0 Å². The Bertz CT molecular complexity index is 821. The van der Waals surface area contributed by atoms with Crippen LogP contribution in [0.15, 0.2) is 47.4 Å². The van der Waals surface area contributed by atoms with Crippen LogP contribution in [-0.2, 0) is 16.6 Å². The molecule has 0 radical (unpaired) electrons. The summed E-state index contributed by atoms with van der Waals surface area (Å²) in [6, 6.07) is 7.66. The number of aryl methyl sites for hydroxylation is 1. The van der Waals surface area contributed by atoms with E-state index in [4.69, 9.17) is 0 Å². The summed E-state index contributed by atoms with van der Waals surface area (Å²) in [6.45, 7) is 1.45. The maximum atomic E-state index is 13.4. The van der Waals surface area contributed by atoms with Gasteiger partial charge in [0.25, 0.3) is 10.0 Å². The molecule has 2 rings (SSSR count). The van der Waals surface area contributed by atoms with Gasteiger partial charge in [-0.3, -0.25) is 0 Å². The Hall–Kier alpha value is -2.48. The number of halogens is 2. The average Bonchev–Trinajstić information content (AvgIpc) is 2.48. The van der Waals surface area contributed by atoms with Gasteiger partial charge < -0.3 is 5.32 Å². The summed E-state index contributed by atoms with van der Waals surface area (Å²) >= 11 is 0. The first kappa shape index (κ1) is 16.9. The highest BCUT2D eigenvalue weighted by Crippen LogP contribution is 2.11. The fourth-order valence-corrected chi connectivity index (χ4v) is 2.72. The second-order valence-corrected chi connectivity index (χ2v) is 6.52. The van der Waals surface area contributed by atoms with Gasteiger partial charge in [0, 0.05) is 12.1 Å². The Balaban J connectivity index is 2.01. The van der Waals surface area contributed by atoms with Crippen LogP contribution in [0.5, 0.6) is 0 Å². The lowest BCUT2D eigenvalue weighted by atomic mass is 10.2. The molecular formula is C15H14F2N2O3S. The van der Waals surface area contributed by atoms with Gasteiger partial charge in [0.05, 0.1) is 4.90 Å². The zero-order valence-corrected chi connectivity index (χ0v) is 13.0. The topological polar surface area (TPSA) is 75.3 Å². The third-order valence-corrected chi connectivity index (χ3v) is 4.35. The second kappa shape index (κ2) is 6.74. The van der Waals surface area contributed by atoms with Crippen molar-refractivity contribution >= 4 is 16.1 Å². The molecule has 0 saturated heterocycles. The highest BCUT2D eigenvalue weighted by Gasteiger charge is 2.17. The van der Waals surface area contributed by atoms with E-state index in [-0.39, 0.29) is 17.0 Å². The van der Waals surface area contributed by atoms with E-state index in [9.17, 15) is 22.0 Å². The van der Waals surface area contributed by atoms with Crippen molar-refractivity contribution in [3.05, 3.63) is 65.2 Å². The number of sulfonamides is 1. The van der Waals surface area contributed by atoms with Gasteiger partial charge in [-0.25, -0.2) is 26.7 Å². The largest absolute Gasteiger partial charge is 0.333 e. The average molecular weight is 340 g/mol. The van der Waals surface area contributed by atoms with Crippen LogP contribution >= 0.6 is 0 Å². The highest BCUT2D eigenvalue weighted by atomic mass is 32.2. The molecule has 0 fully saturated rings. The summed E-state index contributed by atoms with van der Waals surface area (Å²) in [5.74, 6) is -1.36. The normalized spacial score (nSPS) is 11.1. The number of benzene rings is 2. The number of nitrogens with one attached hydrogen (secondary N) is 2. The lowest BCUT2D eigenvalue weighted by Crippen LogP contribution is -2.39. The number of hydrogen-bond donors (Lipinski definition) is 2. The smallest absolute Gasteiger partial charge is 0.328 e. The predicted octanol–water partition coefficient (Wildman–Crippen LogP) is 2.46. The Morgan fingerprint density at radius 1 is 1.09 bits per heavy atom. The summed E-state index contributed by atoms with van der Waals surface area (Å²) in [6.07, 6.45) is 0. The number of carbonyl (C=O) groups excluding carboxylic acids is 1. The first-order valence-corrected chi connectivity index (χ1v) is 8.07. The zero-order valence-electron chi connectivity index (χ0n) is 12.1. The summed E-state index contributed by atoms with van der Waals surface area (Å²) < 4.78 is 52.2. The van der Waals surface area contributed by atoms with Gasteiger partial charge in [-0.05, 0) is 37.3 Å². The Morgan fingerprint density at radius 3 is 2.39 bits per heavy atom. The van der Waals surface area contributed by atoms with Gasteiger partial charge in [0.1, 0.15) is 11.6 Å². The van der Waals surface area contributed by atoms with Crippen LogP contribution in [0.1, 0.15) is 11.1 Å². The van der Waals surface area contributed by atoms with Crippen LogP contribution in [0.3, 0.4) is 0 Å². The number of hydrogen-bond acceptors (Lipinski definition) is 3. The van der Waals surface area contributed by atoms with E-state index >= 15 is 0 Å². The Labute approximate surface area is 132 Å². The van der Waals surface area contributed by atoms with Crippen molar-refractivity contribution in [2.75, 3.05) is 0 Å². The highest BCUT2D eigenvalue weighted by molar-refractivity contribution is 7.90. The molecule has 0 aliphatic carbocycles. The SMILES string of the molecule is Cc1ccc(S(=O)(=O)NC(=O)NCc2cc(F)ccc2F)cc1. The molecule has 0 spiro atoms. The predicted molar refractivity (Wildman–Crippen MR) is 80.1 cm³/mol. The number of amides is 2. The monoisotopic (exact) mass is 340 g/mol. The van der Waals surface area contributed by atoms with Crippen molar-refractivity contribution in [1.82, 2.24) is 10.0 Å². The molecule has 2 aromatic carbocycles. The van der Waals surface area contributed by atoms with E-state index in [1.807, 2.05) is 0 Å². The molecular weight excluding hydrogens is 326 g/mol. The maximum absolute atomic E-state index is 13.4. The molecule has 0 aliphatic rings. The summed E-state index contributed by atoms with van der Waals surface area (Å²) in [7, 11) is -4.03. The first-order chi connectivity index (χ1) is 10.8. The van der Waals surface area contributed by atoms with E-state index in [2.05, 4.69) is 5.32 Å². The molecule has 5 nitrogen and oxygen atoms in total. The Morgan fingerprint density at radius 2 is 1.74 bits per heavy atom. The first-order valence-electron chi connectivity index (χ1n) is 6.59. The van der Waals surface area contributed by atoms with Gasteiger partial charge in [-0.15, -0.1) is 0 Å². The molecule has 8 heteroatoms. The van der Waals surface area contributed by atoms with Gasteiger partial charge in [0.15, 0.2) is 0 Å². The molecule has 0 atom stereocenters. The van der Waals surface area contributed by atoms with Crippen molar-refractivity contribution in [1.29, 1.82) is 0 Å².